The Morgan fingerprint density at radius 1 is 1.25 bits per heavy atom. The van der Waals surface area contributed by atoms with Crippen LogP contribution >= 0.6 is 0 Å². The van der Waals surface area contributed by atoms with Crippen LogP contribution in [0.2, 0.25) is 0 Å². The van der Waals surface area contributed by atoms with E-state index in [0.29, 0.717) is 11.8 Å². The lowest BCUT2D eigenvalue weighted by Gasteiger charge is -2.31. The van der Waals surface area contributed by atoms with Gasteiger partial charge in [-0.3, -0.25) is 0 Å². The van der Waals surface area contributed by atoms with E-state index in [4.69, 9.17) is 4.52 Å². The van der Waals surface area contributed by atoms with Gasteiger partial charge in [-0.15, -0.1) is 0 Å². The minimum absolute atomic E-state index is 0.0349. The van der Waals surface area contributed by atoms with Crippen molar-refractivity contribution in [2.45, 2.75) is 76.3 Å². The molecule has 134 valence electrons. The molecule has 3 N–H and O–H groups in total. The molecule has 3 unspecified atom stereocenters. The molecular weight excluding hydrogens is 308 g/mol. The molecule has 2 aliphatic rings. The number of hydrogen-bond donors (Lipinski definition) is 3. The van der Waals surface area contributed by atoms with Crippen LogP contribution in [0.4, 0.5) is 4.79 Å². The fourth-order valence-corrected chi connectivity index (χ4v) is 3.86. The van der Waals surface area contributed by atoms with Gasteiger partial charge in [-0.2, -0.15) is 4.98 Å². The predicted octanol–water partition coefficient (Wildman–Crippen LogP) is 2.64. The van der Waals surface area contributed by atoms with Gasteiger partial charge in [0.1, 0.15) is 6.04 Å². The van der Waals surface area contributed by atoms with Crippen molar-refractivity contribution in [1.82, 2.24) is 20.8 Å². The minimum Gasteiger partial charge on any atom is -0.396 e. The van der Waals surface area contributed by atoms with E-state index < -0.39 is 0 Å². The minimum atomic E-state index is -0.330. The van der Waals surface area contributed by atoms with Crippen molar-refractivity contribution in [1.29, 1.82) is 0 Å². The normalized spacial score (nSPS) is 26.2. The number of aromatic nitrogens is 2. The topological polar surface area (TPSA) is 100 Å². The Labute approximate surface area is 142 Å². The van der Waals surface area contributed by atoms with Crippen LogP contribution in [0, 0.1) is 5.92 Å². The molecule has 7 heteroatoms. The van der Waals surface area contributed by atoms with Crippen LogP contribution in [0.15, 0.2) is 4.52 Å². The molecule has 3 atom stereocenters. The average molecular weight is 336 g/mol. The molecular formula is C17H28N4O3. The van der Waals surface area contributed by atoms with Gasteiger partial charge in [0.15, 0.2) is 5.82 Å². The summed E-state index contributed by atoms with van der Waals surface area (Å²) in [6, 6.07) is -0.537. The molecule has 1 heterocycles. The Bertz CT molecular complexity index is 542. The molecule has 1 aromatic heterocycles. The summed E-state index contributed by atoms with van der Waals surface area (Å²) in [5, 5.41) is 19.4. The van der Waals surface area contributed by atoms with Crippen LogP contribution in [-0.2, 0) is 0 Å². The van der Waals surface area contributed by atoms with Gasteiger partial charge in [-0.25, -0.2) is 4.79 Å². The maximum Gasteiger partial charge on any atom is 0.315 e. The molecule has 0 aliphatic heterocycles. The summed E-state index contributed by atoms with van der Waals surface area (Å²) in [5.41, 5.74) is 0. The number of hydrogen-bond acceptors (Lipinski definition) is 5. The molecule has 0 aromatic carbocycles. The first-order chi connectivity index (χ1) is 11.7. The third kappa shape index (κ3) is 4.06. The zero-order valence-electron chi connectivity index (χ0n) is 14.3. The van der Waals surface area contributed by atoms with E-state index in [1.165, 1.54) is 12.8 Å². The van der Waals surface area contributed by atoms with Gasteiger partial charge >= 0.3 is 6.03 Å². The van der Waals surface area contributed by atoms with Crippen LogP contribution in [0.25, 0.3) is 0 Å². The molecule has 0 saturated heterocycles. The Kier molecular flexibility index (Phi) is 5.71. The number of urea groups is 1. The van der Waals surface area contributed by atoms with Crippen molar-refractivity contribution >= 4 is 6.03 Å². The summed E-state index contributed by atoms with van der Waals surface area (Å²) in [7, 11) is 0. The number of nitrogens with zero attached hydrogens (tertiary/aromatic N) is 2. The highest BCUT2D eigenvalue weighted by molar-refractivity contribution is 5.74. The summed E-state index contributed by atoms with van der Waals surface area (Å²) < 4.78 is 5.33. The second-order valence-electron chi connectivity index (χ2n) is 7.15. The number of nitrogens with one attached hydrogen (secondary N) is 2. The summed E-state index contributed by atoms with van der Waals surface area (Å²) in [5.74, 6) is 1.77. The second-order valence-corrected chi connectivity index (χ2v) is 7.15. The fourth-order valence-electron chi connectivity index (χ4n) is 3.86. The highest BCUT2D eigenvalue weighted by Crippen LogP contribution is 2.32. The Morgan fingerprint density at radius 3 is 2.71 bits per heavy atom. The smallest absolute Gasteiger partial charge is 0.315 e. The lowest BCUT2D eigenvalue weighted by Crippen LogP contribution is -2.48. The molecule has 3 rings (SSSR count). The molecule has 2 aliphatic carbocycles. The van der Waals surface area contributed by atoms with Crippen LogP contribution in [0.1, 0.15) is 82.0 Å². The van der Waals surface area contributed by atoms with Gasteiger partial charge < -0.3 is 20.3 Å². The maximum atomic E-state index is 12.2. The van der Waals surface area contributed by atoms with Crippen molar-refractivity contribution in [2.75, 3.05) is 6.61 Å². The van der Waals surface area contributed by atoms with Crippen LogP contribution < -0.4 is 10.6 Å². The monoisotopic (exact) mass is 336 g/mol. The van der Waals surface area contributed by atoms with Gasteiger partial charge in [-0.05, 0) is 32.6 Å². The fraction of sp³-hybridized carbons (Fsp3) is 0.824. The number of carbonyl (C=O) groups is 1. The predicted molar refractivity (Wildman–Crippen MR) is 88.4 cm³/mol. The molecule has 24 heavy (non-hydrogen) atoms. The Balaban J connectivity index is 1.52. The highest BCUT2D eigenvalue weighted by Gasteiger charge is 2.27. The van der Waals surface area contributed by atoms with E-state index in [0.717, 1.165) is 44.3 Å². The molecule has 1 aromatic rings. The number of aliphatic hydroxyl groups excluding tert-OH is 1. The zero-order valence-corrected chi connectivity index (χ0v) is 14.3. The molecule has 7 nitrogen and oxygen atoms in total. The molecule has 2 amide bonds. The van der Waals surface area contributed by atoms with Crippen molar-refractivity contribution in [3.05, 3.63) is 11.7 Å². The van der Waals surface area contributed by atoms with E-state index in [1.54, 1.807) is 0 Å². The first-order valence-electron chi connectivity index (χ1n) is 9.18. The Hall–Kier alpha value is -1.63. The standard InChI is InChI=1S/C17H28N4O3/c1-11(16-20-15(21-24-16)12-6-2-3-7-12)18-17(23)19-14-9-5-4-8-13(14)10-22/h11-14,22H,2-10H2,1H3,(H2,18,19,23). The lowest BCUT2D eigenvalue weighted by molar-refractivity contribution is 0.153. The van der Waals surface area contributed by atoms with Crippen LogP contribution in [0.5, 0.6) is 0 Å². The van der Waals surface area contributed by atoms with Gasteiger partial charge in [-0.1, -0.05) is 30.8 Å². The van der Waals surface area contributed by atoms with Gasteiger partial charge in [0, 0.05) is 24.5 Å². The van der Waals surface area contributed by atoms with E-state index in [1.807, 2.05) is 6.92 Å². The largest absolute Gasteiger partial charge is 0.396 e. The zero-order chi connectivity index (χ0) is 16.9. The third-order valence-electron chi connectivity index (χ3n) is 5.36. The van der Waals surface area contributed by atoms with Crippen molar-refractivity contribution in [2.24, 2.45) is 5.92 Å². The van der Waals surface area contributed by atoms with Crippen LogP contribution in [0.3, 0.4) is 0 Å². The second kappa shape index (κ2) is 7.96. The summed E-state index contributed by atoms with van der Waals surface area (Å²) >= 11 is 0. The summed E-state index contributed by atoms with van der Waals surface area (Å²) in [6.45, 7) is 1.96. The van der Waals surface area contributed by atoms with Crippen LogP contribution in [-0.4, -0.2) is 33.9 Å². The van der Waals surface area contributed by atoms with Crippen molar-refractivity contribution in [3.63, 3.8) is 0 Å². The van der Waals surface area contributed by atoms with Crippen molar-refractivity contribution < 1.29 is 14.4 Å². The Morgan fingerprint density at radius 2 is 1.96 bits per heavy atom. The third-order valence-corrected chi connectivity index (χ3v) is 5.36. The first kappa shape index (κ1) is 17.2. The lowest BCUT2D eigenvalue weighted by atomic mass is 9.85. The number of rotatable bonds is 5. The highest BCUT2D eigenvalue weighted by atomic mass is 16.5. The van der Waals surface area contributed by atoms with Crippen molar-refractivity contribution in [3.8, 4) is 0 Å². The summed E-state index contributed by atoms with van der Waals surface area (Å²) in [4.78, 5) is 16.7. The molecule has 0 spiro atoms. The summed E-state index contributed by atoms with van der Waals surface area (Å²) in [6.07, 6.45) is 8.76. The van der Waals surface area contributed by atoms with E-state index in [-0.39, 0.29) is 30.6 Å². The van der Waals surface area contributed by atoms with Gasteiger partial charge in [0.2, 0.25) is 5.89 Å². The molecule has 0 radical (unpaired) electrons. The SMILES string of the molecule is CC(NC(=O)NC1CCCCC1CO)c1nc(C2CCCC2)no1. The number of aliphatic hydroxyl groups is 1. The van der Waals surface area contributed by atoms with E-state index >= 15 is 0 Å². The number of carbonyl (C=O) groups excluding carboxylic acids is 1. The first-order valence-corrected chi connectivity index (χ1v) is 9.18. The number of amides is 2. The quantitative estimate of drug-likeness (QED) is 0.767. The molecule has 2 saturated carbocycles. The van der Waals surface area contributed by atoms with Gasteiger partial charge in [0.25, 0.3) is 0 Å². The average Bonchev–Trinajstić information content (AvgIpc) is 3.26. The molecule has 0 bridgehead atoms. The van der Waals surface area contributed by atoms with E-state index in [9.17, 15) is 9.90 Å². The van der Waals surface area contributed by atoms with Gasteiger partial charge in [0.05, 0.1) is 0 Å². The maximum absolute atomic E-state index is 12.2. The molecule has 2 fully saturated rings. The van der Waals surface area contributed by atoms with E-state index in [2.05, 4.69) is 20.8 Å².